The first-order valence-corrected chi connectivity index (χ1v) is 7.65. The molecule has 0 spiro atoms. The fourth-order valence-corrected chi connectivity index (χ4v) is 4.11. The van der Waals surface area contributed by atoms with Gasteiger partial charge in [0, 0.05) is 11.1 Å². The Balaban J connectivity index is 2.48. The van der Waals surface area contributed by atoms with E-state index in [1.165, 1.54) is 13.2 Å². The third-order valence-corrected chi connectivity index (χ3v) is 4.70. The number of hydrogen-bond acceptors (Lipinski definition) is 3. The standard InChI is InChI=1S/C10H11BrClNO3S/c1-16-10-8(11)4-6(12)5-9(10)17(14,15)13-7-2-3-7/h4-5,7,13H,2-3H2,1H3. The van der Waals surface area contributed by atoms with Gasteiger partial charge in [-0.15, -0.1) is 0 Å². The number of benzene rings is 1. The Morgan fingerprint density at radius 1 is 1.47 bits per heavy atom. The summed E-state index contributed by atoms with van der Waals surface area (Å²) in [6, 6.07) is 3.02. The van der Waals surface area contributed by atoms with Crippen molar-refractivity contribution in [2.75, 3.05) is 7.11 Å². The van der Waals surface area contributed by atoms with Crippen LogP contribution >= 0.6 is 27.5 Å². The van der Waals surface area contributed by atoms with E-state index in [1.807, 2.05) is 0 Å². The Hall–Kier alpha value is -0.300. The average molecular weight is 341 g/mol. The molecule has 0 heterocycles. The topological polar surface area (TPSA) is 55.4 Å². The van der Waals surface area contributed by atoms with Gasteiger partial charge in [-0.05, 0) is 40.9 Å². The highest BCUT2D eigenvalue weighted by molar-refractivity contribution is 9.10. The van der Waals surface area contributed by atoms with Crippen LogP contribution in [0.15, 0.2) is 21.5 Å². The zero-order valence-electron chi connectivity index (χ0n) is 9.04. The second-order valence-corrected chi connectivity index (χ2v) is 6.79. The molecule has 1 aromatic rings. The lowest BCUT2D eigenvalue weighted by Crippen LogP contribution is -2.26. The van der Waals surface area contributed by atoms with E-state index in [-0.39, 0.29) is 16.7 Å². The van der Waals surface area contributed by atoms with Crippen LogP contribution in [-0.4, -0.2) is 21.6 Å². The summed E-state index contributed by atoms with van der Waals surface area (Å²) in [5.74, 6) is 0.266. The minimum absolute atomic E-state index is 0.0439. The maximum atomic E-state index is 12.1. The summed E-state index contributed by atoms with van der Waals surface area (Å²) in [5.41, 5.74) is 0. The number of halogens is 2. The highest BCUT2D eigenvalue weighted by atomic mass is 79.9. The summed E-state index contributed by atoms with van der Waals surface area (Å²) in [4.78, 5) is 0.0614. The number of rotatable bonds is 4. The molecule has 1 saturated carbocycles. The molecule has 0 bridgehead atoms. The van der Waals surface area contributed by atoms with Gasteiger partial charge in [0.1, 0.15) is 4.90 Å². The lowest BCUT2D eigenvalue weighted by atomic mass is 10.3. The predicted octanol–water partition coefficient (Wildman–Crippen LogP) is 2.55. The van der Waals surface area contributed by atoms with Crippen molar-refractivity contribution in [3.8, 4) is 5.75 Å². The van der Waals surface area contributed by atoms with Crippen LogP contribution < -0.4 is 9.46 Å². The van der Waals surface area contributed by atoms with Crippen molar-refractivity contribution in [3.05, 3.63) is 21.6 Å². The van der Waals surface area contributed by atoms with Gasteiger partial charge in [-0.3, -0.25) is 0 Å². The molecule has 1 aromatic carbocycles. The van der Waals surface area contributed by atoms with Gasteiger partial charge in [0.15, 0.2) is 5.75 Å². The van der Waals surface area contributed by atoms with E-state index in [1.54, 1.807) is 6.07 Å². The molecule has 2 rings (SSSR count). The van der Waals surface area contributed by atoms with E-state index in [0.29, 0.717) is 9.50 Å². The third kappa shape index (κ3) is 2.93. The number of ether oxygens (including phenoxy) is 1. The maximum absolute atomic E-state index is 12.1. The smallest absolute Gasteiger partial charge is 0.244 e. The first-order valence-electron chi connectivity index (χ1n) is 4.99. The van der Waals surface area contributed by atoms with E-state index in [0.717, 1.165) is 12.8 Å². The van der Waals surface area contributed by atoms with Gasteiger partial charge in [-0.2, -0.15) is 0 Å². The largest absolute Gasteiger partial charge is 0.494 e. The van der Waals surface area contributed by atoms with Crippen LogP contribution in [0.1, 0.15) is 12.8 Å². The summed E-state index contributed by atoms with van der Waals surface area (Å²) < 4.78 is 32.4. The van der Waals surface area contributed by atoms with Gasteiger partial charge in [0.05, 0.1) is 11.6 Å². The first kappa shape index (κ1) is 13.1. The van der Waals surface area contributed by atoms with Crippen LogP contribution in [0.25, 0.3) is 0 Å². The second kappa shape index (κ2) is 4.76. The van der Waals surface area contributed by atoms with Crippen molar-refractivity contribution >= 4 is 37.6 Å². The van der Waals surface area contributed by atoms with Crippen molar-refractivity contribution in [2.45, 2.75) is 23.8 Å². The van der Waals surface area contributed by atoms with Crippen molar-refractivity contribution in [2.24, 2.45) is 0 Å². The van der Waals surface area contributed by atoms with Crippen LogP contribution in [0, 0.1) is 0 Å². The van der Waals surface area contributed by atoms with Crippen LogP contribution in [0.3, 0.4) is 0 Å². The molecule has 94 valence electrons. The predicted molar refractivity (Wildman–Crippen MR) is 69.0 cm³/mol. The molecule has 1 aliphatic rings. The molecule has 0 aliphatic heterocycles. The summed E-state index contributed by atoms with van der Waals surface area (Å²) in [6.07, 6.45) is 1.76. The molecule has 17 heavy (non-hydrogen) atoms. The summed E-state index contributed by atoms with van der Waals surface area (Å²) in [6.45, 7) is 0. The summed E-state index contributed by atoms with van der Waals surface area (Å²) in [5, 5.41) is 0.342. The SMILES string of the molecule is COc1c(Br)cc(Cl)cc1S(=O)(=O)NC1CC1. The zero-order valence-corrected chi connectivity index (χ0v) is 12.2. The summed E-state index contributed by atoms with van der Waals surface area (Å²) in [7, 11) is -2.15. The van der Waals surface area contributed by atoms with Gasteiger partial charge in [-0.1, -0.05) is 11.6 Å². The van der Waals surface area contributed by atoms with Crippen LogP contribution in [0.5, 0.6) is 5.75 Å². The Kier molecular flexibility index (Phi) is 3.68. The molecule has 0 radical (unpaired) electrons. The molecule has 1 aliphatic carbocycles. The molecular formula is C10H11BrClNO3S. The van der Waals surface area contributed by atoms with E-state index in [4.69, 9.17) is 16.3 Å². The Morgan fingerprint density at radius 2 is 2.12 bits per heavy atom. The number of sulfonamides is 1. The van der Waals surface area contributed by atoms with Crippen LogP contribution in [0.4, 0.5) is 0 Å². The molecule has 1 fully saturated rings. The minimum Gasteiger partial charge on any atom is -0.494 e. The quantitative estimate of drug-likeness (QED) is 0.916. The van der Waals surface area contributed by atoms with Gasteiger partial charge >= 0.3 is 0 Å². The normalized spacial score (nSPS) is 15.9. The fourth-order valence-electron chi connectivity index (χ4n) is 1.42. The minimum atomic E-state index is -3.57. The zero-order chi connectivity index (χ0) is 12.6. The van der Waals surface area contributed by atoms with Gasteiger partial charge in [-0.25, -0.2) is 13.1 Å². The molecular weight excluding hydrogens is 330 g/mol. The van der Waals surface area contributed by atoms with E-state index in [2.05, 4.69) is 20.7 Å². The molecule has 0 amide bonds. The number of nitrogens with one attached hydrogen (secondary N) is 1. The monoisotopic (exact) mass is 339 g/mol. The Bertz CT molecular complexity index is 543. The number of hydrogen-bond donors (Lipinski definition) is 1. The van der Waals surface area contributed by atoms with Crippen molar-refractivity contribution in [1.82, 2.24) is 4.72 Å². The maximum Gasteiger partial charge on any atom is 0.244 e. The van der Waals surface area contributed by atoms with Crippen molar-refractivity contribution in [1.29, 1.82) is 0 Å². The van der Waals surface area contributed by atoms with Gasteiger partial charge < -0.3 is 4.74 Å². The second-order valence-electron chi connectivity index (χ2n) is 3.81. The van der Waals surface area contributed by atoms with Crippen molar-refractivity contribution in [3.63, 3.8) is 0 Å². The van der Waals surface area contributed by atoms with Crippen LogP contribution in [0.2, 0.25) is 5.02 Å². The first-order chi connectivity index (χ1) is 7.94. The highest BCUT2D eigenvalue weighted by Crippen LogP contribution is 2.36. The molecule has 1 N–H and O–H groups in total. The average Bonchev–Trinajstić information content (AvgIpc) is 3.00. The van der Waals surface area contributed by atoms with Gasteiger partial charge in [0.25, 0.3) is 0 Å². The fraction of sp³-hybridized carbons (Fsp3) is 0.400. The lowest BCUT2D eigenvalue weighted by molar-refractivity contribution is 0.399. The molecule has 4 nitrogen and oxygen atoms in total. The Labute approximate surface area is 113 Å². The van der Waals surface area contributed by atoms with E-state index >= 15 is 0 Å². The van der Waals surface area contributed by atoms with Crippen LogP contribution in [-0.2, 0) is 10.0 Å². The molecule has 0 unspecified atom stereocenters. The van der Waals surface area contributed by atoms with E-state index < -0.39 is 10.0 Å². The molecule has 0 saturated heterocycles. The molecule has 7 heteroatoms. The Morgan fingerprint density at radius 3 is 2.65 bits per heavy atom. The van der Waals surface area contributed by atoms with Crippen molar-refractivity contribution < 1.29 is 13.2 Å². The van der Waals surface area contributed by atoms with Gasteiger partial charge in [0.2, 0.25) is 10.0 Å². The highest BCUT2D eigenvalue weighted by Gasteiger charge is 2.30. The molecule has 0 atom stereocenters. The van der Waals surface area contributed by atoms with E-state index in [9.17, 15) is 8.42 Å². The number of methoxy groups -OCH3 is 1. The third-order valence-electron chi connectivity index (χ3n) is 2.37. The summed E-state index contributed by atoms with van der Waals surface area (Å²) >= 11 is 9.09. The molecule has 0 aromatic heterocycles. The lowest BCUT2D eigenvalue weighted by Gasteiger charge is -2.12.